The first-order valence-corrected chi connectivity index (χ1v) is 5.44. The molecule has 0 amide bonds. The van der Waals surface area contributed by atoms with Gasteiger partial charge in [-0.15, -0.1) is 0 Å². The topological polar surface area (TPSA) is 95.2 Å². The number of pyridine rings is 1. The van der Waals surface area contributed by atoms with E-state index >= 15 is 0 Å². The van der Waals surface area contributed by atoms with E-state index in [0.717, 1.165) is 5.56 Å². The summed E-state index contributed by atoms with van der Waals surface area (Å²) in [6.45, 7) is 2.09. The van der Waals surface area contributed by atoms with Crippen LogP contribution in [-0.4, -0.2) is 35.8 Å². The molecule has 1 unspecified atom stereocenters. The smallest absolute Gasteiger partial charge is 0.326 e. The molecule has 1 rings (SSSR count). The molecular formula is C12H15N3O3. The van der Waals surface area contributed by atoms with Gasteiger partial charge in [-0.25, -0.2) is 9.78 Å². The molecule has 0 saturated heterocycles. The Morgan fingerprint density at radius 1 is 1.72 bits per heavy atom. The van der Waals surface area contributed by atoms with E-state index in [9.17, 15) is 4.79 Å². The van der Waals surface area contributed by atoms with Gasteiger partial charge in [-0.05, 0) is 18.6 Å². The lowest BCUT2D eigenvalue weighted by Gasteiger charge is -2.15. The number of hydrogen-bond donors (Lipinski definition) is 2. The Bertz CT molecular complexity index is 468. The van der Waals surface area contributed by atoms with Crippen molar-refractivity contribution in [2.75, 3.05) is 19.0 Å². The number of aliphatic carboxylic acids is 1. The van der Waals surface area contributed by atoms with E-state index in [-0.39, 0.29) is 0 Å². The number of aromatic nitrogens is 1. The number of methoxy groups -OCH3 is 1. The molecule has 0 spiro atoms. The first kappa shape index (κ1) is 13.9. The average molecular weight is 249 g/mol. The number of anilines is 1. The molecule has 6 nitrogen and oxygen atoms in total. The van der Waals surface area contributed by atoms with E-state index in [2.05, 4.69) is 10.3 Å². The number of nitrogens with one attached hydrogen (secondary N) is 1. The van der Waals surface area contributed by atoms with Crippen LogP contribution in [0.4, 0.5) is 5.82 Å². The van der Waals surface area contributed by atoms with Crippen molar-refractivity contribution in [1.82, 2.24) is 4.98 Å². The Morgan fingerprint density at radius 2 is 2.44 bits per heavy atom. The summed E-state index contributed by atoms with van der Waals surface area (Å²) in [7, 11) is 1.50. The number of nitriles is 1. The monoisotopic (exact) mass is 249 g/mol. The third kappa shape index (κ3) is 3.43. The van der Waals surface area contributed by atoms with Crippen LogP contribution in [0, 0.1) is 18.3 Å². The van der Waals surface area contributed by atoms with Gasteiger partial charge in [0.25, 0.3) is 0 Å². The number of aryl methyl sites for hydroxylation is 1. The highest BCUT2D eigenvalue weighted by molar-refractivity contribution is 5.77. The van der Waals surface area contributed by atoms with E-state index in [0.29, 0.717) is 24.4 Å². The first-order chi connectivity index (χ1) is 8.60. The first-order valence-electron chi connectivity index (χ1n) is 5.44. The molecular weight excluding hydrogens is 234 g/mol. The van der Waals surface area contributed by atoms with Gasteiger partial charge in [-0.1, -0.05) is 0 Å². The molecule has 1 atom stereocenters. The van der Waals surface area contributed by atoms with Crippen molar-refractivity contribution in [2.24, 2.45) is 0 Å². The van der Waals surface area contributed by atoms with Gasteiger partial charge in [0, 0.05) is 26.3 Å². The van der Waals surface area contributed by atoms with Crippen LogP contribution < -0.4 is 5.32 Å². The Morgan fingerprint density at radius 3 is 3.00 bits per heavy atom. The summed E-state index contributed by atoms with van der Waals surface area (Å²) in [6.07, 6.45) is 1.83. The van der Waals surface area contributed by atoms with E-state index in [1.807, 2.05) is 6.07 Å². The zero-order valence-electron chi connectivity index (χ0n) is 10.3. The van der Waals surface area contributed by atoms with E-state index < -0.39 is 12.0 Å². The molecule has 0 aliphatic carbocycles. The van der Waals surface area contributed by atoms with Crippen LogP contribution in [-0.2, 0) is 9.53 Å². The molecule has 18 heavy (non-hydrogen) atoms. The van der Waals surface area contributed by atoms with Gasteiger partial charge in [0.1, 0.15) is 17.9 Å². The van der Waals surface area contributed by atoms with Gasteiger partial charge in [0.05, 0.1) is 5.56 Å². The quantitative estimate of drug-likeness (QED) is 0.785. The highest BCUT2D eigenvalue weighted by Gasteiger charge is 2.19. The molecule has 1 aromatic heterocycles. The number of carboxylic acid groups (broad SMARTS) is 1. The lowest BCUT2D eigenvalue weighted by Crippen LogP contribution is -2.31. The summed E-state index contributed by atoms with van der Waals surface area (Å²) in [6, 6.07) is 2.89. The number of carboxylic acids is 1. The maximum atomic E-state index is 11.1. The molecule has 0 fully saturated rings. The molecule has 0 saturated carbocycles. The molecule has 0 radical (unpaired) electrons. The minimum Gasteiger partial charge on any atom is -0.480 e. The SMILES string of the molecule is COCCC(Nc1nccc(C)c1C#N)C(=O)O. The third-order valence-electron chi connectivity index (χ3n) is 2.49. The molecule has 0 aliphatic rings. The van der Waals surface area contributed by atoms with Crippen LogP contribution in [0.3, 0.4) is 0 Å². The average Bonchev–Trinajstić information content (AvgIpc) is 2.34. The van der Waals surface area contributed by atoms with Crippen LogP contribution in [0.2, 0.25) is 0 Å². The second kappa shape index (κ2) is 6.57. The van der Waals surface area contributed by atoms with Crippen molar-refractivity contribution >= 4 is 11.8 Å². The summed E-state index contributed by atoms with van der Waals surface area (Å²) >= 11 is 0. The largest absolute Gasteiger partial charge is 0.480 e. The number of rotatable bonds is 6. The molecule has 96 valence electrons. The van der Waals surface area contributed by atoms with Crippen molar-refractivity contribution < 1.29 is 14.6 Å². The minimum atomic E-state index is -1.00. The zero-order valence-corrected chi connectivity index (χ0v) is 10.3. The van der Waals surface area contributed by atoms with Crippen LogP contribution >= 0.6 is 0 Å². The van der Waals surface area contributed by atoms with Gasteiger partial charge in [-0.3, -0.25) is 0 Å². The summed E-state index contributed by atoms with van der Waals surface area (Å²) in [5.41, 5.74) is 1.12. The second-order valence-corrected chi connectivity index (χ2v) is 3.78. The summed E-state index contributed by atoms with van der Waals surface area (Å²) in [4.78, 5) is 15.1. The molecule has 2 N–H and O–H groups in total. The van der Waals surface area contributed by atoms with E-state index in [1.165, 1.54) is 13.3 Å². The maximum Gasteiger partial charge on any atom is 0.326 e. The van der Waals surface area contributed by atoms with Crippen molar-refractivity contribution in [3.63, 3.8) is 0 Å². The van der Waals surface area contributed by atoms with Gasteiger partial charge < -0.3 is 15.2 Å². The predicted molar refractivity (Wildman–Crippen MR) is 65.2 cm³/mol. The predicted octanol–water partition coefficient (Wildman–Crippen LogP) is 1.16. The molecule has 6 heteroatoms. The fourth-order valence-corrected chi connectivity index (χ4v) is 1.47. The van der Waals surface area contributed by atoms with Crippen molar-refractivity contribution in [1.29, 1.82) is 5.26 Å². The number of hydrogen-bond acceptors (Lipinski definition) is 5. The Kier molecular flexibility index (Phi) is 5.08. The van der Waals surface area contributed by atoms with E-state index in [4.69, 9.17) is 15.1 Å². The standard InChI is InChI=1S/C12H15N3O3/c1-8-3-5-14-11(9(8)7-13)15-10(12(16)17)4-6-18-2/h3,5,10H,4,6H2,1-2H3,(H,14,15)(H,16,17). The van der Waals surface area contributed by atoms with Gasteiger partial charge in [0.2, 0.25) is 0 Å². The molecule has 0 aliphatic heterocycles. The van der Waals surface area contributed by atoms with Crippen molar-refractivity contribution in [2.45, 2.75) is 19.4 Å². The maximum absolute atomic E-state index is 11.1. The van der Waals surface area contributed by atoms with E-state index in [1.54, 1.807) is 13.0 Å². The van der Waals surface area contributed by atoms with Crippen LogP contribution in [0.25, 0.3) is 0 Å². The highest BCUT2D eigenvalue weighted by Crippen LogP contribution is 2.16. The van der Waals surface area contributed by atoms with Crippen molar-refractivity contribution in [3.05, 3.63) is 23.4 Å². The Labute approximate surface area is 105 Å². The van der Waals surface area contributed by atoms with Gasteiger partial charge in [-0.2, -0.15) is 5.26 Å². The Balaban J connectivity index is 2.91. The van der Waals surface area contributed by atoms with Crippen LogP contribution in [0.1, 0.15) is 17.5 Å². The van der Waals surface area contributed by atoms with Crippen molar-refractivity contribution in [3.8, 4) is 6.07 Å². The minimum absolute atomic E-state index is 0.293. The van der Waals surface area contributed by atoms with Crippen LogP contribution in [0.15, 0.2) is 12.3 Å². The fourth-order valence-electron chi connectivity index (χ4n) is 1.47. The summed E-state index contributed by atoms with van der Waals surface area (Å²) in [5.74, 6) is -0.708. The van der Waals surface area contributed by atoms with Gasteiger partial charge in [0.15, 0.2) is 0 Å². The Hall–Kier alpha value is -2.13. The summed E-state index contributed by atoms with van der Waals surface area (Å²) < 4.78 is 4.85. The fraction of sp³-hybridized carbons (Fsp3) is 0.417. The molecule has 0 bridgehead atoms. The molecule has 1 heterocycles. The highest BCUT2D eigenvalue weighted by atomic mass is 16.5. The normalized spacial score (nSPS) is 11.6. The summed E-state index contributed by atoms with van der Waals surface area (Å²) in [5, 5.41) is 20.9. The van der Waals surface area contributed by atoms with Crippen LogP contribution in [0.5, 0.6) is 0 Å². The lowest BCUT2D eigenvalue weighted by atomic mass is 10.1. The molecule has 1 aromatic rings. The number of nitrogens with zero attached hydrogens (tertiary/aromatic N) is 2. The number of carbonyl (C=O) groups is 1. The molecule has 0 aromatic carbocycles. The zero-order chi connectivity index (χ0) is 13.5. The third-order valence-corrected chi connectivity index (χ3v) is 2.49. The lowest BCUT2D eigenvalue weighted by molar-refractivity contribution is -0.138. The second-order valence-electron chi connectivity index (χ2n) is 3.78. The van der Waals surface area contributed by atoms with Gasteiger partial charge >= 0.3 is 5.97 Å². The number of ether oxygens (including phenoxy) is 1.